The molecule has 0 saturated carbocycles. The predicted octanol–water partition coefficient (Wildman–Crippen LogP) is 5.73. The summed E-state index contributed by atoms with van der Waals surface area (Å²) in [4.78, 5) is 9.68. The Morgan fingerprint density at radius 1 is 1.15 bits per heavy atom. The maximum atomic E-state index is 13.4. The van der Waals surface area contributed by atoms with Crippen LogP contribution in [-0.2, 0) is 6.42 Å². The summed E-state index contributed by atoms with van der Waals surface area (Å²) in [5.74, 6) is -1.11. The van der Waals surface area contributed by atoms with E-state index in [4.69, 9.17) is 0 Å². The first-order valence-corrected chi connectivity index (χ1v) is 11.3. The summed E-state index contributed by atoms with van der Waals surface area (Å²) in [5.41, 5.74) is -1.74. The van der Waals surface area contributed by atoms with E-state index >= 15 is 0 Å². The molecule has 3 atom stereocenters. The molecule has 0 radical (unpaired) electrons. The predicted molar refractivity (Wildman–Crippen MR) is 106 cm³/mol. The van der Waals surface area contributed by atoms with Gasteiger partial charge in [-0.05, 0) is 23.3 Å². The number of anilines is 1. The highest BCUT2D eigenvalue weighted by molar-refractivity contribution is 8.45. The number of halogens is 8. The number of aliphatic hydroxyl groups excluding tert-OH is 2. The maximum absolute atomic E-state index is 13.4. The first-order chi connectivity index (χ1) is 15.3. The van der Waals surface area contributed by atoms with Crippen molar-refractivity contribution in [3.8, 4) is 5.75 Å². The largest absolute Gasteiger partial charge is 0.494 e. The second kappa shape index (κ2) is 7.61. The third-order valence-corrected chi connectivity index (χ3v) is 6.21. The number of ether oxygens (including phenoxy) is 1. The fraction of sp³-hybridized carbons (Fsp3) is 0.316. The first kappa shape index (κ1) is 25.8. The Morgan fingerprint density at radius 3 is 2.32 bits per heavy atom. The van der Waals surface area contributed by atoms with Gasteiger partial charge in [-0.2, -0.15) is 13.2 Å². The Balaban J connectivity index is 2.04. The van der Waals surface area contributed by atoms with Crippen LogP contribution in [-0.4, -0.2) is 35.6 Å². The monoisotopic (exact) mass is 522 g/mol. The van der Waals surface area contributed by atoms with Gasteiger partial charge in [0.25, 0.3) is 0 Å². The lowest BCUT2D eigenvalue weighted by atomic mass is 10.1. The molecule has 1 aliphatic rings. The van der Waals surface area contributed by atoms with E-state index in [9.17, 15) is 47.6 Å². The van der Waals surface area contributed by atoms with Crippen molar-refractivity contribution in [3.05, 3.63) is 53.1 Å². The molecule has 0 fully saturated rings. The highest BCUT2D eigenvalue weighted by atomic mass is 32.5. The average Bonchev–Trinajstić information content (AvgIpc) is 2.99. The van der Waals surface area contributed by atoms with Crippen LogP contribution in [0.1, 0.15) is 28.8 Å². The molecule has 190 valence electrons. The van der Waals surface area contributed by atoms with Crippen molar-refractivity contribution < 1.29 is 52.3 Å². The number of rotatable bonds is 5. The molecule has 6 nitrogen and oxygen atoms in total. The van der Waals surface area contributed by atoms with Crippen molar-refractivity contribution >= 4 is 21.9 Å². The number of urea groups is 1. The summed E-state index contributed by atoms with van der Waals surface area (Å²) >= 11 is 0. The zero-order valence-electron chi connectivity index (χ0n) is 17.0. The minimum Gasteiger partial charge on any atom is -0.494 e. The van der Waals surface area contributed by atoms with E-state index < -0.39 is 68.6 Å². The Kier molecular flexibility index (Phi) is 5.78. The molecule has 2 aromatic carbocycles. The molecule has 0 aromatic heterocycles. The summed E-state index contributed by atoms with van der Waals surface area (Å²) < 4.78 is 111. The van der Waals surface area contributed by atoms with E-state index in [1.54, 1.807) is 29.6 Å². The van der Waals surface area contributed by atoms with E-state index in [2.05, 4.69) is 10.1 Å². The number of hydrogen-bond donors (Lipinski definition) is 4. The van der Waals surface area contributed by atoms with Gasteiger partial charge in [-0.3, -0.25) is 0 Å². The highest BCUT2D eigenvalue weighted by Crippen LogP contribution is 3.02. The van der Waals surface area contributed by atoms with Crippen LogP contribution in [0.3, 0.4) is 0 Å². The zero-order chi connectivity index (χ0) is 25.8. The SMILES string of the molecule is COc1c(NC(=O)N[C@@H]2c3ccccc3C[C@@H]2O)cc(S(F)(F)(F)(F)F)cc1C(O)C(F)(F)F. The molecule has 3 rings (SSSR count). The highest BCUT2D eigenvalue weighted by Gasteiger charge is 2.66. The van der Waals surface area contributed by atoms with E-state index in [0.29, 0.717) is 18.2 Å². The van der Waals surface area contributed by atoms with Crippen molar-refractivity contribution in [2.75, 3.05) is 12.4 Å². The lowest BCUT2D eigenvalue weighted by molar-refractivity contribution is -0.207. The second-order valence-corrected chi connectivity index (χ2v) is 9.96. The molecule has 1 aliphatic carbocycles. The fourth-order valence-corrected chi connectivity index (χ4v) is 4.28. The van der Waals surface area contributed by atoms with Crippen LogP contribution < -0.4 is 15.4 Å². The molecule has 0 spiro atoms. The van der Waals surface area contributed by atoms with Gasteiger partial charge in [-0.1, -0.05) is 43.7 Å². The third kappa shape index (κ3) is 5.31. The molecule has 0 aliphatic heterocycles. The van der Waals surface area contributed by atoms with Gasteiger partial charge in [0.15, 0.2) is 6.10 Å². The van der Waals surface area contributed by atoms with Gasteiger partial charge in [-0.25, -0.2) is 4.79 Å². The van der Waals surface area contributed by atoms with Gasteiger partial charge < -0.3 is 25.6 Å². The molecule has 2 amide bonds. The quantitative estimate of drug-likeness (QED) is 0.378. The number of hydrogen-bond acceptors (Lipinski definition) is 4. The Labute approximate surface area is 187 Å². The fourth-order valence-electron chi connectivity index (χ4n) is 3.59. The van der Waals surface area contributed by atoms with Crippen LogP contribution in [0, 0.1) is 0 Å². The number of alkyl halides is 3. The smallest absolute Gasteiger partial charge is 0.418 e. The second-order valence-electron chi connectivity index (χ2n) is 7.55. The number of carbonyl (C=O) groups excluding carboxylic acids is 1. The van der Waals surface area contributed by atoms with Gasteiger partial charge >= 0.3 is 22.4 Å². The number of fused-ring (bicyclic) bond motifs is 1. The summed E-state index contributed by atoms with van der Waals surface area (Å²) in [6.07, 6.45) is -10.2. The molecule has 0 bridgehead atoms. The molecule has 4 N–H and O–H groups in total. The zero-order valence-corrected chi connectivity index (χ0v) is 17.9. The summed E-state index contributed by atoms with van der Waals surface area (Å²) in [5, 5.41) is 23.7. The third-order valence-electron chi connectivity index (χ3n) is 5.08. The lowest BCUT2D eigenvalue weighted by Crippen LogP contribution is -2.37. The van der Waals surface area contributed by atoms with Gasteiger partial charge in [0.2, 0.25) is 0 Å². The summed E-state index contributed by atoms with van der Waals surface area (Å²) in [6.45, 7) is 0. The van der Waals surface area contributed by atoms with E-state index in [1.165, 1.54) is 0 Å². The molecule has 2 aromatic rings. The number of aliphatic hydroxyl groups is 2. The summed E-state index contributed by atoms with van der Waals surface area (Å²) in [7, 11) is -9.85. The Morgan fingerprint density at radius 2 is 1.76 bits per heavy atom. The number of amides is 2. The van der Waals surface area contributed by atoms with Crippen LogP contribution in [0.15, 0.2) is 41.3 Å². The Bertz CT molecular complexity index is 1120. The molecule has 0 heterocycles. The molecular formula is C19H18F8N2O4S. The maximum Gasteiger partial charge on any atom is 0.418 e. The lowest BCUT2D eigenvalue weighted by Gasteiger charge is -2.41. The van der Waals surface area contributed by atoms with E-state index in [1.807, 2.05) is 0 Å². The average molecular weight is 522 g/mol. The minimum absolute atomic E-state index is 0.131. The van der Waals surface area contributed by atoms with Crippen LogP contribution in [0.25, 0.3) is 0 Å². The van der Waals surface area contributed by atoms with Crippen LogP contribution >= 0.6 is 10.2 Å². The van der Waals surface area contributed by atoms with Crippen molar-refractivity contribution in [2.45, 2.75) is 35.7 Å². The van der Waals surface area contributed by atoms with E-state index in [-0.39, 0.29) is 12.5 Å². The number of carbonyl (C=O) groups is 1. The number of benzene rings is 2. The number of methoxy groups -OCH3 is 1. The molecule has 0 saturated heterocycles. The normalized spacial score (nSPS) is 21.1. The van der Waals surface area contributed by atoms with Gasteiger partial charge in [0, 0.05) is 12.0 Å². The summed E-state index contributed by atoms with van der Waals surface area (Å²) in [6, 6.07) is 3.25. The van der Waals surface area contributed by atoms with E-state index in [0.717, 1.165) is 0 Å². The van der Waals surface area contributed by atoms with Crippen molar-refractivity contribution in [2.24, 2.45) is 0 Å². The van der Waals surface area contributed by atoms with Crippen LogP contribution in [0.4, 0.5) is 43.1 Å². The molecular weight excluding hydrogens is 504 g/mol. The molecule has 15 heteroatoms. The van der Waals surface area contributed by atoms with Crippen molar-refractivity contribution in [3.63, 3.8) is 0 Å². The van der Waals surface area contributed by atoms with Crippen molar-refractivity contribution in [1.29, 1.82) is 0 Å². The Hall–Kier alpha value is -2.78. The minimum atomic E-state index is -10.6. The van der Waals surface area contributed by atoms with Crippen LogP contribution in [0.5, 0.6) is 5.75 Å². The van der Waals surface area contributed by atoms with Gasteiger partial charge in [0.1, 0.15) is 10.6 Å². The van der Waals surface area contributed by atoms with Gasteiger partial charge in [-0.15, -0.1) is 0 Å². The molecule has 1 unspecified atom stereocenters. The standard InChI is InChI=1S/C19H18F8N2O4S/c1-33-16-12(17(31)19(20,21)22)7-10(34(23,24,25,26)27)8-13(16)28-18(32)29-15-11-5-3-2-4-9(11)6-14(15)30/h2-5,7-8,14-15,17,30-31H,6H2,1H3,(H2,28,29,32)/t14-,15+,17?/m0/s1. The van der Waals surface area contributed by atoms with Crippen molar-refractivity contribution in [1.82, 2.24) is 5.32 Å². The number of nitrogens with one attached hydrogen (secondary N) is 2. The molecule has 34 heavy (non-hydrogen) atoms. The van der Waals surface area contributed by atoms with Crippen LogP contribution in [0.2, 0.25) is 0 Å². The topological polar surface area (TPSA) is 90.8 Å². The van der Waals surface area contributed by atoms with Gasteiger partial charge in [0.05, 0.1) is 24.9 Å². The first-order valence-electron chi connectivity index (χ1n) is 9.36.